The van der Waals surface area contributed by atoms with Crippen LogP contribution in [-0.2, 0) is 4.74 Å². The van der Waals surface area contributed by atoms with Crippen LogP contribution in [0, 0.1) is 5.92 Å². The van der Waals surface area contributed by atoms with Crippen LogP contribution in [0.2, 0.25) is 0 Å². The molecule has 0 radical (unpaired) electrons. The summed E-state index contributed by atoms with van der Waals surface area (Å²) in [7, 11) is 0. The number of nitrogens with one attached hydrogen (secondary N) is 1. The maximum absolute atomic E-state index is 11.3. The molecule has 90 valence electrons. The molecular weight excluding hydrogens is 192 g/mol. The highest BCUT2D eigenvalue weighted by atomic mass is 16.6. The first-order chi connectivity index (χ1) is 6.70. The van der Waals surface area contributed by atoms with Crippen LogP contribution in [0.5, 0.6) is 0 Å². The Kier molecular flexibility index (Phi) is 5.65. The molecule has 3 N–H and O–H groups in total. The van der Waals surface area contributed by atoms with Crippen LogP contribution in [0.3, 0.4) is 0 Å². The summed E-state index contributed by atoms with van der Waals surface area (Å²) in [6.45, 7) is 10.2. The predicted octanol–water partition coefficient (Wildman–Crippen LogP) is 1.88. The number of carbonyl (C=O) groups excluding carboxylic acids is 1. The Bertz CT molecular complexity index is 197. The van der Waals surface area contributed by atoms with Gasteiger partial charge in [-0.2, -0.15) is 0 Å². The molecule has 0 unspecified atom stereocenters. The molecule has 15 heavy (non-hydrogen) atoms. The fourth-order valence-electron chi connectivity index (χ4n) is 1.22. The van der Waals surface area contributed by atoms with E-state index in [-0.39, 0.29) is 6.04 Å². The minimum Gasteiger partial charge on any atom is -0.444 e. The van der Waals surface area contributed by atoms with E-state index in [9.17, 15) is 4.79 Å². The minimum absolute atomic E-state index is 0.00230. The lowest BCUT2D eigenvalue weighted by molar-refractivity contribution is 0.0523. The van der Waals surface area contributed by atoms with Crippen molar-refractivity contribution in [2.75, 3.05) is 6.54 Å². The summed E-state index contributed by atoms with van der Waals surface area (Å²) in [5, 5.41) is 2.66. The topological polar surface area (TPSA) is 64.3 Å². The maximum atomic E-state index is 11.3. The Morgan fingerprint density at radius 1 is 1.40 bits per heavy atom. The first-order valence-electron chi connectivity index (χ1n) is 5.43. The van der Waals surface area contributed by atoms with Gasteiger partial charge in [-0.15, -0.1) is 0 Å². The number of rotatable bonds is 4. The second-order valence-corrected chi connectivity index (χ2v) is 5.27. The number of amides is 1. The van der Waals surface area contributed by atoms with Gasteiger partial charge < -0.3 is 15.8 Å². The van der Waals surface area contributed by atoms with Gasteiger partial charge >= 0.3 is 6.09 Å². The Hall–Kier alpha value is -0.770. The van der Waals surface area contributed by atoms with Crippen molar-refractivity contribution in [3.05, 3.63) is 0 Å². The summed E-state index contributed by atoms with van der Waals surface area (Å²) in [4.78, 5) is 11.3. The Labute approximate surface area is 92.6 Å². The highest BCUT2D eigenvalue weighted by Crippen LogP contribution is 2.06. The van der Waals surface area contributed by atoms with Crippen LogP contribution in [-0.4, -0.2) is 24.3 Å². The van der Waals surface area contributed by atoms with Crippen LogP contribution in [0.4, 0.5) is 4.79 Å². The third-order valence-corrected chi connectivity index (χ3v) is 1.68. The molecule has 0 aromatic carbocycles. The van der Waals surface area contributed by atoms with E-state index in [4.69, 9.17) is 10.5 Å². The number of hydrogen-bond donors (Lipinski definition) is 2. The molecule has 0 saturated heterocycles. The van der Waals surface area contributed by atoms with Gasteiger partial charge in [-0.25, -0.2) is 4.79 Å². The SMILES string of the molecule is CC(C)C[C@H](N)CNC(=O)OC(C)(C)C. The number of hydrogen-bond acceptors (Lipinski definition) is 3. The maximum Gasteiger partial charge on any atom is 0.407 e. The molecule has 0 fully saturated rings. The lowest BCUT2D eigenvalue weighted by Crippen LogP contribution is -2.40. The molecule has 0 aliphatic carbocycles. The number of carbonyl (C=O) groups is 1. The summed E-state index contributed by atoms with van der Waals surface area (Å²) < 4.78 is 5.09. The molecule has 0 aromatic rings. The average Bonchev–Trinajstić information content (AvgIpc) is 1.96. The predicted molar refractivity (Wildman–Crippen MR) is 61.7 cm³/mol. The van der Waals surface area contributed by atoms with E-state index in [2.05, 4.69) is 19.2 Å². The fourth-order valence-corrected chi connectivity index (χ4v) is 1.22. The van der Waals surface area contributed by atoms with E-state index in [1.54, 1.807) is 0 Å². The zero-order chi connectivity index (χ0) is 12.1. The molecule has 0 spiro atoms. The van der Waals surface area contributed by atoms with Crippen LogP contribution in [0.15, 0.2) is 0 Å². The van der Waals surface area contributed by atoms with Crippen molar-refractivity contribution < 1.29 is 9.53 Å². The molecular formula is C11H24N2O2. The smallest absolute Gasteiger partial charge is 0.407 e. The molecule has 0 heterocycles. The van der Waals surface area contributed by atoms with Crippen molar-refractivity contribution in [2.45, 2.75) is 52.7 Å². The van der Waals surface area contributed by atoms with Gasteiger partial charge in [-0.05, 0) is 33.1 Å². The van der Waals surface area contributed by atoms with E-state index in [0.29, 0.717) is 12.5 Å². The fraction of sp³-hybridized carbons (Fsp3) is 0.909. The van der Waals surface area contributed by atoms with Gasteiger partial charge in [0.05, 0.1) is 0 Å². The summed E-state index contributed by atoms with van der Waals surface area (Å²) in [5.74, 6) is 0.542. The van der Waals surface area contributed by atoms with Crippen LogP contribution in [0.1, 0.15) is 41.0 Å². The van der Waals surface area contributed by atoms with Crippen molar-refractivity contribution in [3.63, 3.8) is 0 Å². The van der Waals surface area contributed by atoms with E-state index in [0.717, 1.165) is 6.42 Å². The van der Waals surface area contributed by atoms with Crippen LogP contribution >= 0.6 is 0 Å². The van der Waals surface area contributed by atoms with Gasteiger partial charge in [-0.1, -0.05) is 13.8 Å². The van der Waals surface area contributed by atoms with Crippen molar-refractivity contribution >= 4 is 6.09 Å². The normalized spacial score (nSPS) is 13.8. The molecule has 0 saturated carbocycles. The highest BCUT2D eigenvalue weighted by Gasteiger charge is 2.16. The summed E-state index contributed by atoms with van der Waals surface area (Å²) in [6.07, 6.45) is 0.497. The zero-order valence-corrected chi connectivity index (χ0v) is 10.5. The molecule has 0 aliphatic rings. The van der Waals surface area contributed by atoms with Gasteiger partial charge in [0.1, 0.15) is 5.60 Å². The van der Waals surface area contributed by atoms with E-state index >= 15 is 0 Å². The molecule has 1 atom stereocenters. The second kappa shape index (κ2) is 5.95. The molecule has 4 heteroatoms. The molecule has 0 rings (SSSR count). The Morgan fingerprint density at radius 3 is 2.33 bits per heavy atom. The quantitative estimate of drug-likeness (QED) is 0.754. The third kappa shape index (κ3) is 9.53. The molecule has 0 aliphatic heterocycles. The first kappa shape index (κ1) is 14.2. The molecule has 1 amide bonds. The van der Waals surface area contributed by atoms with Crippen LogP contribution in [0.25, 0.3) is 0 Å². The summed E-state index contributed by atoms with van der Waals surface area (Å²) in [5.41, 5.74) is 5.36. The van der Waals surface area contributed by atoms with Crippen molar-refractivity contribution in [1.29, 1.82) is 0 Å². The van der Waals surface area contributed by atoms with Crippen molar-refractivity contribution in [3.8, 4) is 0 Å². The van der Waals surface area contributed by atoms with Gasteiger partial charge in [0.25, 0.3) is 0 Å². The Balaban J connectivity index is 3.72. The summed E-state index contributed by atoms with van der Waals surface area (Å²) in [6, 6.07) is -0.00230. The largest absolute Gasteiger partial charge is 0.444 e. The van der Waals surface area contributed by atoms with E-state index in [1.807, 2.05) is 20.8 Å². The lowest BCUT2D eigenvalue weighted by Gasteiger charge is -2.21. The standard InChI is InChI=1S/C11H24N2O2/c1-8(2)6-9(12)7-13-10(14)15-11(3,4)5/h8-9H,6-7,12H2,1-5H3,(H,13,14)/t9-/m0/s1. The highest BCUT2D eigenvalue weighted by molar-refractivity contribution is 5.67. The molecule has 0 bridgehead atoms. The third-order valence-electron chi connectivity index (χ3n) is 1.68. The van der Waals surface area contributed by atoms with E-state index < -0.39 is 11.7 Å². The molecule has 0 aromatic heterocycles. The first-order valence-corrected chi connectivity index (χ1v) is 5.43. The number of nitrogens with two attached hydrogens (primary N) is 1. The second-order valence-electron chi connectivity index (χ2n) is 5.27. The Morgan fingerprint density at radius 2 is 1.93 bits per heavy atom. The average molecular weight is 216 g/mol. The van der Waals surface area contributed by atoms with Gasteiger partial charge in [0, 0.05) is 12.6 Å². The van der Waals surface area contributed by atoms with Gasteiger partial charge in [0.2, 0.25) is 0 Å². The zero-order valence-electron chi connectivity index (χ0n) is 10.5. The van der Waals surface area contributed by atoms with Crippen molar-refractivity contribution in [1.82, 2.24) is 5.32 Å². The van der Waals surface area contributed by atoms with Crippen molar-refractivity contribution in [2.24, 2.45) is 11.7 Å². The monoisotopic (exact) mass is 216 g/mol. The minimum atomic E-state index is -0.452. The molecule has 4 nitrogen and oxygen atoms in total. The summed E-state index contributed by atoms with van der Waals surface area (Å²) >= 11 is 0. The van der Waals surface area contributed by atoms with Crippen LogP contribution < -0.4 is 11.1 Å². The van der Waals surface area contributed by atoms with Gasteiger partial charge in [0.15, 0.2) is 0 Å². The number of alkyl carbamates (subject to hydrolysis) is 1. The van der Waals surface area contributed by atoms with E-state index in [1.165, 1.54) is 0 Å². The number of ether oxygens (including phenoxy) is 1. The lowest BCUT2D eigenvalue weighted by atomic mass is 10.0. The van der Waals surface area contributed by atoms with Gasteiger partial charge in [-0.3, -0.25) is 0 Å².